The van der Waals surface area contributed by atoms with Crippen LogP contribution in [0.4, 0.5) is 13.2 Å². The Balaban J connectivity index is 1.57. The summed E-state index contributed by atoms with van der Waals surface area (Å²) >= 11 is 0. The Morgan fingerprint density at radius 2 is 2.11 bits per heavy atom. The van der Waals surface area contributed by atoms with Crippen LogP contribution in [0.3, 0.4) is 0 Å². The standard InChI is InChI=1S/C16H20F3N5O3/c1-8-7-10-12(9(2)26-8)22-24(3)13(10)14(25)20-6-4-5-11-21-15(27-23-11)16(17,18)19/h8-9H,4-7H2,1-3H3,(H,20,25)/t8-,9+/m1/s1. The number of fused-ring (bicyclic) bond motifs is 1. The number of nitrogens with zero attached hydrogens (tertiary/aromatic N) is 4. The molecular weight excluding hydrogens is 367 g/mol. The first-order chi connectivity index (χ1) is 12.7. The molecular formula is C16H20F3N5O3. The third-order valence-electron chi connectivity index (χ3n) is 4.28. The maximum Gasteiger partial charge on any atom is 0.471 e. The molecule has 0 aliphatic carbocycles. The molecule has 0 aromatic carbocycles. The van der Waals surface area contributed by atoms with Gasteiger partial charge < -0.3 is 14.6 Å². The van der Waals surface area contributed by atoms with E-state index in [2.05, 4.69) is 25.1 Å². The number of hydrogen-bond acceptors (Lipinski definition) is 6. The van der Waals surface area contributed by atoms with Crippen molar-refractivity contribution in [1.29, 1.82) is 0 Å². The fourth-order valence-electron chi connectivity index (χ4n) is 3.15. The van der Waals surface area contributed by atoms with Gasteiger partial charge in [0.1, 0.15) is 5.69 Å². The second-order valence-electron chi connectivity index (χ2n) is 6.50. The van der Waals surface area contributed by atoms with Crippen LogP contribution in [0.5, 0.6) is 0 Å². The summed E-state index contributed by atoms with van der Waals surface area (Å²) in [5.74, 6) is -1.69. The average molecular weight is 387 g/mol. The zero-order valence-corrected chi connectivity index (χ0v) is 15.1. The first-order valence-corrected chi connectivity index (χ1v) is 8.56. The number of alkyl halides is 3. The molecule has 2 aromatic rings. The van der Waals surface area contributed by atoms with Crippen LogP contribution in [0.25, 0.3) is 0 Å². The molecule has 0 spiro atoms. The lowest BCUT2D eigenvalue weighted by Gasteiger charge is -2.24. The highest BCUT2D eigenvalue weighted by Gasteiger charge is 2.38. The molecule has 8 nitrogen and oxygen atoms in total. The summed E-state index contributed by atoms with van der Waals surface area (Å²) < 4.78 is 48.7. The van der Waals surface area contributed by atoms with E-state index in [1.807, 2.05) is 13.8 Å². The van der Waals surface area contributed by atoms with Crippen LogP contribution in [0.1, 0.15) is 59.8 Å². The number of carbonyl (C=O) groups excluding carboxylic acids is 1. The van der Waals surface area contributed by atoms with E-state index in [-0.39, 0.29) is 36.9 Å². The van der Waals surface area contributed by atoms with Crippen LogP contribution >= 0.6 is 0 Å². The van der Waals surface area contributed by atoms with Crippen LogP contribution in [0.2, 0.25) is 0 Å². The van der Waals surface area contributed by atoms with Crippen molar-refractivity contribution in [3.63, 3.8) is 0 Å². The van der Waals surface area contributed by atoms with Gasteiger partial charge in [0.25, 0.3) is 5.91 Å². The molecule has 148 valence electrons. The maximum atomic E-state index is 12.5. The summed E-state index contributed by atoms with van der Waals surface area (Å²) in [5.41, 5.74) is 2.10. The summed E-state index contributed by atoms with van der Waals surface area (Å²) in [6.45, 7) is 4.09. The van der Waals surface area contributed by atoms with Gasteiger partial charge in [-0.1, -0.05) is 5.16 Å². The smallest absolute Gasteiger partial charge is 0.369 e. The van der Waals surface area contributed by atoms with E-state index < -0.39 is 12.1 Å². The van der Waals surface area contributed by atoms with Crippen molar-refractivity contribution >= 4 is 5.91 Å². The molecule has 0 bridgehead atoms. The average Bonchev–Trinajstić information content (AvgIpc) is 3.15. The number of aromatic nitrogens is 4. The largest absolute Gasteiger partial charge is 0.471 e. The molecule has 3 heterocycles. The van der Waals surface area contributed by atoms with Gasteiger partial charge in [0, 0.05) is 32.0 Å². The van der Waals surface area contributed by atoms with Crippen molar-refractivity contribution in [2.24, 2.45) is 7.05 Å². The Morgan fingerprint density at radius 3 is 2.78 bits per heavy atom. The van der Waals surface area contributed by atoms with Gasteiger partial charge in [0.2, 0.25) is 0 Å². The molecule has 2 aromatic heterocycles. The van der Waals surface area contributed by atoms with Gasteiger partial charge in [-0.2, -0.15) is 23.3 Å². The van der Waals surface area contributed by atoms with Crippen LogP contribution in [0.15, 0.2) is 4.52 Å². The monoisotopic (exact) mass is 387 g/mol. The van der Waals surface area contributed by atoms with Crippen LogP contribution in [-0.4, -0.2) is 38.5 Å². The number of rotatable bonds is 5. The molecule has 0 saturated carbocycles. The molecule has 0 unspecified atom stereocenters. The van der Waals surface area contributed by atoms with E-state index in [1.165, 1.54) is 4.68 Å². The van der Waals surface area contributed by atoms with E-state index in [0.717, 1.165) is 11.3 Å². The van der Waals surface area contributed by atoms with Crippen LogP contribution < -0.4 is 5.32 Å². The number of aryl methyl sites for hydroxylation is 2. The predicted molar refractivity (Wildman–Crippen MR) is 85.8 cm³/mol. The van der Waals surface area contributed by atoms with E-state index in [9.17, 15) is 18.0 Å². The topological polar surface area (TPSA) is 95.1 Å². The number of hydrogen-bond donors (Lipinski definition) is 1. The lowest BCUT2D eigenvalue weighted by Crippen LogP contribution is -2.29. The summed E-state index contributed by atoms with van der Waals surface area (Å²) in [4.78, 5) is 15.8. The molecule has 3 rings (SSSR count). The van der Waals surface area contributed by atoms with Gasteiger partial charge in [-0.15, -0.1) is 0 Å². The Morgan fingerprint density at radius 1 is 1.37 bits per heavy atom. The SMILES string of the molecule is C[C@@H]1Cc2c(nn(C)c2C(=O)NCCCc2noc(C(F)(F)F)n2)[C@H](C)O1. The van der Waals surface area contributed by atoms with Crippen LogP contribution in [-0.2, 0) is 30.8 Å². The molecule has 27 heavy (non-hydrogen) atoms. The normalized spacial score (nSPS) is 19.8. The highest BCUT2D eigenvalue weighted by atomic mass is 19.4. The van der Waals surface area contributed by atoms with Crippen molar-refractivity contribution in [1.82, 2.24) is 25.2 Å². The Kier molecular flexibility index (Phi) is 5.22. The first kappa shape index (κ1) is 19.3. The van der Waals surface area contributed by atoms with Gasteiger partial charge in [-0.25, -0.2) is 0 Å². The molecule has 11 heteroatoms. The lowest BCUT2D eigenvalue weighted by atomic mass is 9.99. The zero-order chi connectivity index (χ0) is 19.8. The predicted octanol–water partition coefficient (Wildman–Crippen LogP) is 2.21. The third-order valence-corrected chi connectivity index (χ3v) is 4.28. The third kappa shape index (κ3) is 4.12. The second-order valence-corrected chi connectivity index (χ2v) is 6.50. The van der Waals surface area contributed by atoms with E-state index in [1.54, 1.807) is 7.05 Å². The summed E-state index contributed by atoms with van der Waals surface area (Å²) in [7, 11) is 1.70. The van der Waals surface area contributed by atoms with Gasteiger partial charge in [0.15, 0.2) is 5.82 Å². The van der Waals surface area contributed by atoms with E-state index in [0.29, 0.717) is 18.5 Å². The minimum atomic E-state index is -4.66. The summed E-state index contributed by atoms with van der Waals surface area (Å²) in [6.07, 6.45) is -3.72. The summed E-state index contributed by atoms with van der Waals surface area (Å²) in [6, 6.07) is 0. The van der Waals surface area contributed by atoms with Gasteiger partial charge >= 0.3 is 12.1 Å². The lowest BCUT2D eigenvalue weighted by molar-refractivity contribution is -0.159. The van der Waals surface area contributed by atoms with Gasteiger partial charge in [-0.05, 0) is 20.3 Å². The molecule has 1 aliphatic rings. The number of halogens is 3. The number of carbonyl (C=O) groups is 1. The second kappa shape index (κ2) is 7.29. The Hall–Kier alpha value is -2.43. The minimum absolute atomic E-state index is 0.00989. The van der Waals surface area contributed by atoms with E-state index >= 15 is 0 Å². The van der Waals surface area contributed by atoms with Crippen molar-refractivity contribution in [3.8, 4) is 0 Å². The highest BCUT2D eigenvalue weighted by Crippen LogP contribution is 2.31. The summed E-state index contributed by atoms with van der Waals surface area (Å²) in [5, 5.41) is 10.4. The van der Waals surface area contributed by atoms with Gasteiger partial charge in [-0.3, -0.25) is 9.48 Å². The minimum Gasteiger partial charge on any atom is -0.369 e. The van der Waals surface area contributed by atoms with E-state index in [4.69, 9.17) is 4.74 Å². The van der Waals surface area contributed by atoms with Gasteiger partial charge in [0.05, 0.1) is 17.9 Å². The van der Waals surface area contributed by atoms with Crippen molar-refractivity contribution in [2.75, 3.05) is 6.54 Å². The highest BCUT2D eigenvalue weighted by molar-refractivity contribution is 5.94. The first-order valence-electron chi connectivity index (χ1n) is 8.56. The van der Waals surface area contributed by atoms with Crippen LogP contribution in [0, 0.1) is 0 Å². The Bertz CT molecular complexity index is 830. The van der Waals surface area contributed by atoms with Crippen molar-refractivity contribution in [2.45, 2.75) is 51.5 Å². The molecule has 0 saturated heterocycles. The molecule has 1 amide bonds. The van der Waals surface area contributed by atoms with Crippen molar-refractivity contribution < 1.29 is 27.2 Å². The van der Waals surface area contributed by atoms with Crippen molar-refractivity contribution in [3.05, 3.63) is 28.7 Å². The molecule has 1 N–H and O–H groups in total. The molecule has 1 aliphatic heterocycles. The molecule has 0 radical (unpaired) electrons. The molecule has 0 fully saturated rings. The fraction of sp³-hybridized carbons (Fsp3) is 0.625. The Labute approximate surface area is 153 Å². The number of ether oxygens (including phenoxy) is 1. The number of nitrogens with one attached hydrogen (secondary N) is 1. The fourth-order valence-corrected chi connectivity index (χ4v) is 3.15. The quantitative estimate of drug-likeness (QED) is 0.791. The number of amides is 1. The molecule has 2 atom stereocenters. The maximum absolute atomic E-state index is 12.5. The zero-order valence-electron chi connectivity index (χ0n) is 15.1.